The van der Waals surface area contributed by atoms with E-state index in [2.05, 4.69) is 19.9 Å². The number of thioether (sulfide) groups is 1. The van der Waals surface area contributed by atoms with E-state index in [4.69, 9.17) is 15.0 Å². The van der Waals surface area contributed by atoms with Gasteiger partial charge in [0, 0.05) is 22.9 Å². The van der Waals surface area contributed by atoms with E-state index in [-0.39, 0.29) is 17.2 Å². The first-order chi connectivity index (χ1) is 12.5. The van der Waals surface area contributed by atoms with Gasteiger partial charge in [0.1, 0.15) is 4.83 Å². The summed E-state index contributed by atoms with van der Waals surface area (Å²) in [6.07, 6.45) is 6.38. The molecule has 0 amide bonds. The van der Waals surface area contributed by atoms with Crippen molar-refractivity contribution in [1.82, 2.24) is 9.55 Å². The first-order valence-electron chi connectivity index (χ1n) is 9.20. The maximum atomic E-state index is 13.5. The highest BCUT2D eigenvalue weighted by Crippen LogP contribution is 2.38. The van der Waals surface area contributed by atoms with Crippen molar-refractivity contribution in [3.63, 3.8) is 0 Å². The first-order valence-corrected chi connectivity index (χ1v) is 11.0. The van der Waals surface area contributed by atoms with Crippen LogP contribution in [0.4, 0.5) is 0 Å². The van der Waals surface area contributed by atoms with Crippen LogP contribution in [0.3, 0.4) is 0 Å². The molecule has 0 N–H and O–H groups in total. The zero-order valence-electron chi connectivity index (χ0n) is 15.2. The van der Waals surface area contributed by atoms with Gasteiger partial charge in [-0.3, -0.25) is 9.36 Å². The molecule has 0 bridgehead atoms. The molecule has 138 valence electrons. The van der Waals surface area contributed by atoms with E-state index in [1.54, 1.807) is 11.3 Å². The highest BCUT2D eigenvalue weighted by atomic mass is 32.2. The smallest absolute Gasteiger partial charge is 0.263 e. The van der Waals surface area contributed by atoms with Crippen LogP contribution in [0.5, 0.6) is 0 Å². The van der Waals surface area contributed by atoms with Crippen molar-refractivity contribution in [2.45, 2.75) is 75.8 Å². The molecular weight excluding hydrogens is 366 g/mol. The lowest BCUT2D eigenvalue weighted by Gasteiger charge is -2.30. The van der Waals surface area contributed by atoms with Crippen LogP contribution in [0.2, 0.25) is 0 Å². The average Bonchev–Trinajstić information content (AvgIpc) is 2.97. The van der Waals surface area contributed by atoms with Crippen LogP contribution in [0.1, 0.15) is 62.4 Å². The Morgan fingerprint density at radius 2 is 2.15 bits per heavy atom. The molecule has 0 spiro atoms. The molecule has 2 aromatic heterocycles. The maximum Gasteiger partial charge on any atom is 0.263 e. The number of thiophene rings is 1. The molecule has 1 fully saturated rings. The fourth-order valence-corrected chi connectivity index (χ4v) is 6.17. The fourth-order valence-electron chi connectivity index (χ4n) is 4.01. The van der Waals surface area contributed by atoms with Gasteiger partial charge in [-0.25, -0.2) is 4.98 Å². The predicted octanol–water partition coefficient (Wildman–Crippen LogP) is 4.43. The van der Waals surface area contributed by atoms with E-state index >= 15 is 0 Å². The predicted molar refractivity (Wildman–Crippen MR) is 105 cm³/mol. The summed E-state index contributed by atoms with van der Waals surface area (Å²) in [6.45, 7) is 4.65. The lowest BCUT2D eigenvalue weighted by atomic mass is 9.95. The minimum Gasteiger partial charge on any atom is -0.370 e. The molecule has 0 unspecified atom stereocenters. The molecule has 7 heteroatoms. The van der Waals surface area contributed by atoms with Gasteiger partial charge in [-0.05, 0) is 26.7 Å². The van der Waals surface area contributed by atoms with E-state index in [0.717, 1.165) is 47.9 Å². The second-order valence-corrected chi connectivity index (χ2v) is 9.74. The quantitative estimate of drug-likeness (QED) is 0.574. The topological polar surface area (TPSA) is 67.9 Å². The second-order valence-electron chi connectivity index (χ2n) is 7.72. The largest absolute Gasteiger partial charge is 0.370 e. The van der Waals surface area contributed by atoms with Crippen LogP contribution in [0, 0.1) is 11.3 Å². The van der Waals surface area contributed by atoms with Crippen LogP contribution in [0.25, 0.3) is 10.2 Å². The van der Waals surface area contributed by atoms with Crippen molar-refractivity contribution >= 4 is 33.3 Å². The van der Waals surface area contributed by atoms with E-state index in [9.17, 15) is 4.79 Å². The van der Waals surface area contributed by atoms with Gasteiger partial charge in [0.25, 0.3) is 5.56 Å². The maximum absolute atomic E-state index is 13.5. The van der Waals surface area contributed by atoms with E-state index in [1.807, 2.05) is 4.57 Å². The van der Waals surface area contributed by atoms with E-state index in [1.165, 1.54) is 23.1 Å². The summed E-state index contributed by atoms with van der Waals surface area (Å²) in [5.41, 5.74) is 0.889. The van der Waals surface area contributed by atoms with E-state index < -0.39 is 0 Å². The Bertz CT molecular complexity index is 933. The Morgan fingerprint density at radius 1 is 1.38 bits per heavy atom. The molecule has 0 aromatic carbocycles. The molecule has 1 saturated carbocycles. The molecular formula is C19H23N3O2S2. The molecule has 0 atom stereocenters. The lowest BCUT2D eigenvalue weighted by Crippen LogP contribution is -2.32. The second kappa shape index (κ2) is 6.99. The van der Waals surface area contributed by atoms with Crippen LogP contribution in [-0.2, 0) is 17.8 Å². The van der Waals surface area contributed by atoms with Crippen molar-refractivity contribution in [2.75, 3.05) is 5.75 Å². The summed E-state index contributed by atoms with van der Waals surface area (Å²) in [5, 5.41) is 10.4. The highest BCUT2D eigenvalue weighted by Gasteiger charge is 2.32. The summed E-state index contributed by atoms with van der Waals surface area (Å²) >= 11 is 3.00. The van der Waals surface area contributed by atoms with Crippen LogP contribution in [-0.4, -0.2) is 20.9 Å². The average molecular weight is 390 g/mol. The molecule has 2 aliphatic rings. The molecule has 5 nitrogen and oxygen atoms in total. The van der Waals surface area contributed by atoms with Gasteiger partial charge in [-0.1, -0.05) is 31.0 Å². The SMILES string of the molecule is CC1(C)Cc2sc3nc(SCC#N)n(C4CCCCC4)c(=O)c3c2CO1. The monoisotopic (exact) mass is 389 g/mol. The standard InChI is InChI=1S/C19H23N3O2S2/c1-19(2)10-14-13(11-24-19)15-16(26-14)21-18(25-9-8-20)22(17(15)23)12-6-4-3-5-7-12/h12H,3-7,9-11H2,1-2H3. The number of nitriles is 1. The molecule has 1 aliphatic heterocycles. The minimum absolute atomic E-state index is 0.0585. The van der Waals surface area contributed by atoms with Gasteiger partial charge in [-0.2, -0.15) is 5.26 Å². The number of hydrogen-bond donors (Lipinski definition) is 0. The van der Waals surface area contributed by atoms with Crippen molar-refractivity contribution in [2.24, 2.45) is 0 Å². The minimum atomic E-state index is -0.200. The molecule has 0 radical (unpaired) electrons. The number of nitrogens with zero attached hydrogens (tertiary/aromatic N) is 3. The third-order valence-electron chi connectivity index (χ3n) is 5.31. The Hall–Kier alpha value is -1.36. The molecule has 4 rings (SSSR count). The Morgan fingerprint density at radius 3 is 2.88 bits per heavy atom. The highest BCUT2D eigenvalue weighted by molar-refractivity contribution is 7.99. The van der Waals surface area contributed by atoms with Gasteiger partial charge in [0.15, 0.2) is 5.16 Å². The molecule has 0 saturated heterocycles. The molecule has 3 heterocycles. The Kier molecular flexibility index (Phi) is 4.84. The van der Waals surface area contributed by atoms with Crippen LogP contribution < -0.4 is 5.56 Å². The van der Waals surface area contributed by atoms with Gasteiger partial charge in [0.05, 0.1) is 29.4 Å². The van der Waals surface area contributed by atoms with Gasteiger partial charge in [-0.15, -0.1) is 11.3 Å². The summed E-state index contributed by atoms with van der Waals surface area (Å²) in [5.74, 6) is 0.311. The van der Waals surface area contributed by atoms with Gasteiger partial charge >= 0.3 is 0 Å². The summed E-state index contributed by atoms with van der Waals surface area (Å²) in [6, 6.07) is 2.36. The number of fused-ring (bicyclic) bond motifs is 3. The Balaban J connectivity index is 1.89. The van der Waals surface area contributed by atoms with Crippen LogP contribution >= 0.6 is 23.1 Å². The fraction of sp³-hybridized carbons (Fsp3) is 0.632. The third-order valence-corrected chi connectivity index (χ3v) is 7.25. The number of ether oxygens (including phenoxy) is 1. The summed E-state index contributed by atoms with van der Waals surface area (Å²) in [4.78, 5) is 20.3. The normalized spacial score (nSPS) is 20.0. The van der Waals surface area contributed by atoms with Crippen molar-refractivity contribution in [3.8, 4) is 6.07 Å². The van der Waals surface area contributed by atoms with Crippen LogP contribution in [0.15, 0.2) is 9.95 Å². The lowest BCUT2D eigenvalue weighted by molar-refractivity contribution is -0.0383. The number of rotatable bonds is 3. The number of aromatic nitrogens is 2. The zero-order valence-corrected chi connectivity index (χ0v) is 16.8. The van der Waals surface area contributed by atoms with Crippen molar-refractivity contribution < 1.29 is 4.74 Å². The molecule has 26 heavy (non-hydrogen) atoms. The Labute approximate surface area is 161 Å². The van der Waals surface area contributed by atoms with E-state index in [0.29, 0.717) is 17.5 Å². The summed E-state index contributed by atoms with van der Waals surface area (Å²) in [7, 11) is 0. The number of hydrogen-bond acceptors (Lipinski definition) is 6. The zero-order chi connectivity index (χ0) is 18.3. The van der Waals surface area contributed by atoms with Crippen molar-refractivity contribution in [3.05, 3.63) is 20.8 Å². The summed E-state index contributed by atoms with van der Waals surface area (Å²) < 4.78 is 7.86. The molecule has 2 aromatic rings. The van der Waals surface area contributed by atoms with Gasteiger partial charge < -0.3 is 4.74 Å². The van der Waals surface area contributed by atoms with Crippen molar-refractivity contribution in [1.29, 1.82) is 5.26 Å². The van der Waals surface area contributed by atoms with Gasteiger partial charge in [0.2, 0.25) is 0 Å². The first kappa shape index (κ1) is 18.0. The molecule has 1 aliphatic carbocycles. The third kappa shape index (κ3) is 3.19.